The molecule has 2 unspecified atom stereocenters. The molecule has 2 fully saturated rings. The van der Waals surface area contributed by atoms with Crippen LogP contribution in [-0.4, -0.2) is 34.2 Å². The average molecular weight is 221 g/mol. The minimum Gasteiger partial charge on any atom is -0.472 e. The van der Waals surface area contributed by atoms with Gasteiger partial charge in [-0.1, -0.05) is 0 Å². The minimum atomic E-state index is -0.550. The second kappa shape index (κ2) is 3.60. The summed E-state index contributed by atoms with van der Waals surface area (Å²) in [5, 5.41) is 10.6. The normalized spacial score (nSPS) is 35.8. The fraction of sp³-hybridized carbons (Fsp3) is 0.692. The number of nitrogens with zero attached hydrogens (tertiary/aromatic N) is 1. The molecular weight excluding hydrogens is 202 g/mol. The highest BCUT2D eigenvalue weighted by atomic mass is 16.3. The van der Waals surface area contributed by atoms with Gasteiger partial charge in [-0.3, -0.25) is 4.90 Å². The van der Waals surface area contributed by atoms with Gasteiger partial charge in [0, 0.05) is 25.0 Å². The molecule has 0 radical (unpaired) electrons. The summed E-state index contributed by atoms with van der Waals surface area (Å²) in [6, 6.07) is 3.21. The van der Waals surface area contributed by atoms with Crippen LogP contribution in [0.1, 0.15) is 31.7 Å². The van der Waals surface area contributed by atoms with Crippen molar-refractivity contribution in [2.75, 3.05) is 6.54 Å². The lowest BCUT2D eigenvalue weighted by Gasteiger charge is -2.23. The van der Waals surface area contributed by atoms with Crippen LogP contribution in [0.15, 0.2) is 23.0 Å². The van der Waals surface area contributed by atoms with Crippen molar-refractivity contribution in [2.45, 2.75) is 50.3 Å². The van der Waals surface area contributed by atoms with Gasteiger partial charge in [0.2, 0.25) is 0 Å². The van der Waals surface area contributed by atoms with Crippen LogP contribution >= 0.6 is 0 Å². The van der Waals surface area contributed by atoms with E-state index in [0.717, 1.165) is 31.0 Å². The van der Waals surface area contributed by atoms with E-state index in [9.17, 15) is 5.11 Å². The van der Waals surface area contributed by atoms with Crippen molar-refractivity contribution < 1.29 is 9.52 Å². The van der Waals surface area contributed by atoms with Crippen LogP contribution in [-0.2, 0) is 6.42 Å². The summed E-state index contributed by atoms with van der Waals surface area (Å²) in [5.41, 5.74) is 0.554. The first-order chi connectivity index (χ1) is 7.66. The largest absolute Gasteiger partial charge is 0.472 e. The molecule has 1 aliphatic heterocycles. The van der Waals surface area contributed by atoms with Gasteiger partial charge in [0.25, 0.3) is 0 Å². The number of likely N-dealkylation sites (tertiary alicyclic amines) is 1. The number of hydrogen-bond donors (Lipinski definition) is 1. The third-order valence-corrected chi connectivity index (χ3v) is 3.85. The smallest absolute Gasteiger partial charge is 0.0935 e. The molecule has 3 rings (SSSR count). The van der Waals surface area contributed by atoms with Crippen LogP contribution in [0, 0.1) is 0 Å². The first kappa shape index (κ1) is 10.4. The molecule has 0 spiro atoms. The van der Waals surface area contributed by atoms with Crippen molar-refractivity contribution in [3.05, 3.63) is 24.2 Å². The zero-order valence-corrected chi connectivity index (χ0v) is 9.72. The van der Waals surface area contributed by atoms with Gasteiger partial charge >= 0.3 is 0 Å². The summed E-state index contributed by atoms with van der Waals surface area (Å²) >= 11 is 0. The lowest BCUT2D eigenvalue weighted by molar-refractivity contribution is 0.0485. The van der Waals surface area contributed by atoms with Crippen LogP contribution < -0.4 is 0 Å². The molecule has 1 aromatic rings. The summed E-state index contributed by atoms with van der Waals surface area (Å²) in [7, 11) is 0. The maximum absolute atomic E-state index is 10.6. The SMILES string of the molecule is CC1CC(O)(Cc2ccoc2)CN1C1CC1. The quantitative estimate of drug-likeness (QED) is 0.845. The van der Waals surface area contributed by atoms with E-state index in [1.807, 2.05) is 6.07 Å². The molecule has 2 heterocycles. The van der Waals surface area contributed by atoms with Crippen molar-refractivity contribution in [3.8, 4) is 0 Å². The Kier molecular flexibility index (Phi) is 2.33. The second-order valence-corrected chi connectivity index (χ2v) is 5.49. The highest BCUT2D eigenvalue weighted by molar-refractivity contribution is 5.13. The van der Waals surface area contributed by atoms with Crippen LogP contribution in [0.5, 0.6) is 0 Å². The molecule has 16 heavy (non-hydrogen) atoms. The Balaban J connectivity index is 1.69. The summed E-state index contributed by atoms with van der Waals surface area (Å²) in [6.07, 6.45) is 7.64. The summed E-state index contributed by atoms with van der Waals surface area (Å²) in [5.74, 6) is 0. The topological polar surface area (TPSA) is 36.6 Å². The van der Waals surface area contributed by atoms with Gasteiger partial charge in [-0.05, 0) is 37.8 Å². The van der Waals surface area contributed by atoms with Crippen molar-refractivity contribution >= 4 is 0 Å². The third kappa shape index (κ3) is 1.89. The molecule has 0 bridgehead atoms. The number of aliphatic hydroxyl groups is 1. The molecule has 2 aliphatic rings. The van der Waals surface area contributed by atoms with Crippen LogP contribution in [0.2, 0.25) is 0 Å². The van der Waals surface area contributed by atoms with Crippen LogP contribution in [0.4, 0.5) is 0 Å². The van der Waals surface area contributed by atoms with Gasteiger partial charge in [0.15, 0.2) is 0 Å². The highest BCUT2D eigenvalue weighted by Gasteiger charge is 2.45. The Bertz CT molecular complexity index is 358. The summed E-state index contributed by atoms with van der Waals surface area (Å²) < 4.78 is 5.06. The summed E-state index contributed by atoms with van der Waals surface area (Å²) in [4.78, 5) is 2.47. The van der Waals surface area contributed by atoms with E-state index < -0.39 is 5.60 Å². The van der Waals surface area contributed by atoms with E-state index in [1.54, 1.807) is 12.5 Å². The van der Waals surface area contributed by atoms with E-state index in [0.29, 0.717) is 6.04 Å². The van der Waals surface area contributed by atoms with Crippen molar-refractivity contribution in [1.82, 2.24) is 4.90 Å². The molecule has 2 atom stereocenters. The van der Waals surface area contributed by atoms with E-state index >= 15 is 0 Å². The zero-order valence-electron chi connectivity index (χ0n) is 9.72. The molecule has 0 aromatic carbocycles. The second-order valence-electron chi connectivity index (χ2n) is 5.49. The van der Waals surface area contributed by atoms with Crippen molar-refractivity contribution in [3.63, 3.8) is 0 Å². The molecule has 1 aromatic heterocycles. The minimum absolute atomic E-state index is 0.518. The maximum Gasteiger partial charge on any atom is 0.0935 e. The van der Waals surface area contributed by atoms with E-state index in [-0.39, 0.29) is 0 Å². The number of hydrogen-bond acceptors (Lipinski definition) is 3. The van der Waals surface area contributed by atoms with Crippen LogP contribution in [0.25, 0.3) is 0 Å². The molecule has 0 amide bonds. The van der Waals surface area contributed by atoms with E-state index in [1.165, 1.54) is 12.8 Å². The van der Waals surface area contributed by atoms with Crippen molar-refractivity contribution in [1.29, 1.82) is 0 Å². The average Bonchev–Trinajstić information content (AvgIpc) is 2.86. The van der Waals surface area contributed by atoms with Crippen molar-refractivity contribution in [2.24, 2.45) is 0 Å². The van der Waals surface area contributed by atoms with E-state index in [2.05, 4.69) is 11.8 Å². The van der Waals surface area contributed by atoms with Gasteiger partial charge in [0.1, 0.15) is 0 Å². The van der Waals surface area contributed by atoms with Gasteiger partial charge in [-0.2, -0.15) is 0 Å². The standard InChI is InChI=1S/C13H19NO2/c1-10-6-13(15,7-11-4-5-16-8-11)9-14(10)12-2-3-12/h4-5,8,10,12,15H,2-3,6-7,9H2,1H3. The number of rotatable bonds is 3. The molecule has 1 saturated carbocycles. The Labute approximate surface area is 96.1 Å². The summed E-state index contributed by atoms with van der Waals surface area (Å²) in [6.45, 7) is 3.05. The number of β-amino-alcohol motifs (C(OH)–C–C–N with tert-alkyl or cyclic N) is 1. The molecule has 1 aliphatic carbocycles. The van der Waals surface area contributed by atoms with Gasteiger partial charge in [0.05, 0.1) is 18.1 Å². The highest BCUT2D eigenvalue weighted by Crippen LogP contribution is 2.38. The Morgan fingerprint density at radius 1 is 1.56 bits per heavy atom. The predicted molar refractivity (Wildman–Crippen MR) is 61.2 cm³/mol. The molecule has 1 N–H and O–H groups in total. The molecule has 1 saturated heterocycles. The van der Waals surface area contributed by atoms with Gasteiger partial charge in [-0.25, -0.2) is 0 Å². The molecule has 3 nitrogen and oxygen atoms in total. The number of furan rings is 1. The Morgan fingerprint density at radius 2 is 2.38 bits per heavy atom. The Morgan fingerprint density at radius 3 is 3.00 bits per heavy atom. The van der Waals surface area contributed by atoms with Crippen LogP contribution in [0.3, 0.4) is 0 Å². The lowest BCUT2D eigenvalue weighted by Crippen LogP contribution is -2.36. The third-order valence-electron chi connectivity index (χ3n) is 3.85. The van der Waals surface area contributed by atoms with Gasteiger partial charge < -0.3 is 9.52 Å². The first-order valence-electron chi connectivity index (χ1n) is 6.15. The lowest BCUT2D eigenvalue weighted by atomic mass is 9.93. The van der Waals surface area contributed by atoms with E-state index in [4.69, 9.17) is 4.42 Å². The fourth-order valence-corrected chi connectivity index (χ4v) is 3.02. The zero-order chi connectivity index (χ0) is 11.2. The monoisotopic (exact) mass is 221 g/mol. The molecular formula is C13H19NO2. The fourth-order valence-electron chi connectivity index (χ4n) is 3.02. The molecule has 3 heteroatoms. The predicted octanol–water partition coefficient (Wildman–Crippen LogP) is 1.81. The Hall–Kier alpha value is -0.800. The maximum atomic E-state index is 10.6. The molecule has 88 valence electrons. The first-order valence-corrected chi connectivity index (χ1v) is 6.15. The van der Waals surface area contributed by atoms with Gasteiger partial charge in [-0.15, -0.1) is 0 Å².